The SMILES string of the molecule is O=S(=O)(c1[c]c(Br)cc(C(CF)C(CF)(CF)C(CF)(CF)CF)c1)C(F)(F)F. The van der Waals surface area contributed by atoms with E-state index < -0.39 is 87.1 Å². The number of sulfone groups is 1. The van der Waals surface area contributed by atoms with Crippen molar-refractivity contribution in [3.63, 3.8) is 0 Å². The zero-order valence-electron chi connectivity index (χ0n) is 14.5. The summed E-state index contributed by atoms with van der Waals surface area (Å²) in [5, 5.41) is 0. The Balaban J connectivity index is 3.80. The molecular formula is C16H15BrF9O2S. The molecule has 1 aromatic rings. The molecule has 0 aromatic heterocycles. The van der Waals surface area contributed by atoms with E-state index in [1.165, 1.54) is 0 Å². The molecule has 0 heterocycles. The van der Waals surface area contributed by atoms with Crippen LogP contribution in [0.1, 0.15) is 11.5 Å². The van der Waals surface area contributed by atoms with E-state index in [2.05, 4.69) is 15.9 Å². The Morgan fingerprint density at radius 2 is 1.38 bits per heavy atom. The second-order valence-electron chi connectivity index (χ2n) is 6.39. The first-order chi connectivity index (χ1) is 13.4. The van der Waals surface area contributed by atoms with Gasteiger partial charge in [-0.15, -0.1) is 0 Å². The molecule has 0 aliphatic heterocycles. The minimum Gasteiger partial charge on any atom is -0.250 e. The molecule has 1 unspecified atom stereocenters. The lowest BCUT2D eigenvalue weighted by Gasteiger charge is -2.47. The van der Waals surface area contributed by atoms with Gasteiger partial charge in [-0.3, -0.25) is 26.3 Å². The highest BCUT2D eigenvalue weighted by Gasteiger charge is 2.58. The molecule has 0 bridgehead atoms. The molecule has 0 saturated carbocycles. The van der Waals surface area contributed by atoms with Gasteiger partial charge in [0.25, 0.3) is 9.84 Å². The number of benzene rings is 1. The van der Waals surface area contributed by atoms with E-state index in [1.807, 2.05) is 6.07 Å². The number of hydrogen-bond donors (Lipinski definition) is 0. The second-order valence-corrected chi connectivity index (χ2v) is 9.15. The molecule has 0 saturated heterocycles. The van der Waals surface area contributed by atoms with Crippen molar-refractivity contribution in [3.8, 4) is 0 Å². The van der Waals surface area contributed by atoms with Crippen LogP contribution in [0.5, 0.6) is 0 Å². The molecule has 0 aliphatic carbocycles. The lowest BCUT2D eigenvalue weighted by Crippen LogP contribution is -2.54. The van der Waals surface area contributed by atoms with Gasteiger partial charge in [0.1, 0.15) is 20.0 Å². The lowest BCUT2D eigenvalue weighted by molar-refractivity contribution is -0.0847. The summed E-state index contributed by atoms with van der Waals surface area (Å²) in [5.41, 5.74) is -12.5. The Bertz CT molecular complexity index is 782. The van der Waals surface area contributed by atoms with Crippen molar-refractivity contribution < 1.29 is 47.9 Å². The maximum absolute atomic E-state index is 13.9. The van der Waals surface area contributed by atoms with Gasteiger partial charge in [-0.05, 0) is 17.7 Å². The highest BCUT2D eigenvalue weighted by Crippen LogP contribution is 2.52. The zero-order chi connectivity index (χ0) is 22.7. The summed E-state index contributed by atoms with van der Waals surface area (Å²) in [4.78, 5) is -1.51. The average molecular weight is 522 g/mol. The topological polar surface area (TPSA) is 34.1 Å². The molecule has 0 amide bonds. The van der Waals surface area contributed by atoms with Crippen molar-refractivity contribution >= 4 is 25.8 Å². The van der Waals surface area contributed by atoms with Gasteiger partial charge in [-0.2, -0.15) is 13.2 Å². The molecular weight excluding hydrogens is 507 g/mol. The summed E-state index contributed by atoms with van der Waals surface area (Å²) < 4.78 is 143. The van der Waals surface area contributed by atoms with E-state index >= 15 is 0 Å². The van der Waals surface area contributed by atoms with Gasteiger partial charge in [0.05, 0.1) is 30.3 Å². The van der Waals surface area contributed by atoms with E-state index in [9.17, 15) is 47.9 Å². The highest BCUT2D eigenvalue weighted by atomic mass is 79.9. The molecule has 2 nitrogen and oxygen atoms in total. The minimum absolute atomic E-state index is 0.247. The van der Waals surface area contributed by atoms with Crippen molar-refractivity contribution in [2.45, 2.75) is 16.3 Å². The highest BCUT2D eigenvalue weighted by molar-refractivity contribution is 9.10. The average Bonchev–Trinajstić information content (AvgIpc) is 2.67. The first-order valence-corrected chi connectivity index (χ1v) is 10.0. The van der Waals surface area contributed by atoms with Crippen LogP contribution in [0.3, 0.4) is 0 Å². The van der Waals surface area contributed by atoms with Crippen molar-refractivity contribution in [2.24, 2.45) is 10.8 Å². The summed E-state index contributed by atoms with van der Waals surface area (Å²) in [6.07, 6.45) is 0. The second kappa shape index (κ2) is 9.44. The van der Waals surface area contributed by atoms with Crippen LogP contribution < -0.4 is 0 Å². The summed E-state index contributed by atoms with van der Waals surface area (Å²) in [6.45, 7) is -11.5. The summed E-state index contributed by atoms with van der Waals surface area (Å²) >= 11 is 2.66. The maximum Gasteiger partial charge on any atom is 0.501 e. The fourth-order valence-corrected chi connectivity index (χ4v) is 4.33. The first-order valence-electron chi connectivity index (χ1n) is 7.76. The van der Waals surface area contributed by atoms with Crippen molar-refractivity contribution in [1.82, 2.24) is 0 Å². The molecule has 13 heteroatoms. The van der Waals surface area contributed by atoms with E-state index in [4.69, 9.17) is 0 Å². The monoisotopic (exact) mass is 521 g/mol. The third kappa shape index (κ3) is 4.40. The molecule has 0 aliphatic rings. The van der Waals surface area contributed by atoms with Crippen LogP contribution in [-0.4, -0.2) is 54.0 Å². The standard InChI is InChI=1S/C16H15BrF9O2S/c17-11-1-10(2-12(3-11)29(27,28)16(24,25)26)13(4-18)15(8-22,9-23)14(5-19,6-20)7-21/h1-2,13H,4-9H2. The lowest BCUT2D eigenvalue weighted by atomic mass is 9.58. The Labute approximate surface area is 169 Å². The zero-order valence-corrected chi connectivity index (χ0v) is 16.9. The third-order valence-corrected chi connectivity index (χ3v) is 6.79. The normalized spacial score (nSPS) is 14.8. The fraction of sp³-hybridized carbons (Fsp3) is 0.625. The van der Waals surface area contributed by atoms with Crippen LogP contribution in [0.15, 0.2) is 21.5 Å². The molecule has 1 aromatic carbocycles. The molecule has 167 valence electrons. The summed E-state index contributed by atoms with van der Waals surface area (Å²) in [6, 6.07) is 2.86. The molecule has 0 spiro atoms. The van der Waals surface area contributed by atoms with Gasteiger partial charge in [0, 0.05) is 21.9 Å². The largest absolute Gasteiger partial charge is 0.501 e. The Morgan fingerprint density at radius 3 is 1.72 bits per heavy atom. The van der Waals surface area contributed by atoms with Crippen LogP contribution in [0.2, 0.25) is 0 Å². The van der Waals surface area contributed by atoms with Gasteiger partial charge >= 0.3 is 5.51 Å². The number of halogens is 10. The summed E-state index contributed by atoms with van der Waals surface area (Å²) in [5.74, 6) is -2.20. The first kappa shape index (κ1) is 26.1. The molecule has 29 heavy (non-hydrogen) atoms. The number of alkyl halides is 9. The quantitative estimate of drug-likeness (QED) is 0.385. The maximum atomic E-state index is 13.9. The predicted molar refractivity (Wildman–Crippen MR) is 89.7 cm³/mol. The van der Waals surface area contributed by atoms with Crippen molar-refractivity contribution in [1.29, 1.82) is 0 Å². The third-order valence-electron chi connectivity index (χ3n) is 4.95. The van der Waals surface area contributed by atoms with E-state index in [0.29, 0.717) is 0 Å². The molecule has 0 N–H and O–H groups in total. The fourth-order valence-electron chi connectivity index (χ4n) is 2.94. The molecule has 0 fully saturated rings. The Hall–Kier alpha value is -0.980. The van der Waals surface area contributed by atoms with Crippen LogP contribution in [0.25, 0.3) is 0 Å². The van der Waals surface area contributed by atoms with Crippen molar-refractivity contribution in [2.75, 3.05) is 40.0 Å². The van der Waals surface area contributed by atoms with E-state index in [0.717, 1.165) is 6.07 Å². The summed E-state index contributed by atoms with van der Waals surface area (Å²) in [7, 11) is -5.99. The Morgan fingerprint density at radius 1 is 0.897 bits per heavy atom. The van der Waals surface area contributed by atoms with Gasteiger partial charge in [-0.25, -0.2) is 8.42 Å². The molecule has 1 radical (unpaired) electrons. The molecule has 1 rings (SSSR count). The van der Waals surface area contributed by atoms with Crippen molar-refractivity contribution in [3.05, 3.63) is 28.2 Å². The number of hydrogen-bond acceptors (Lipinski definition) is 2. The van der Waals surface area contributed by atoms with Gasteiger partial charge in [-0.1, -0.05) is 15.9 Å². The van der Waals surface area contributed by atoms with Gasteiger partial charge in [0.15, 0.2) is 0 Å². The van der Waals surface area contributed by atoms with Crippen LogP contribution in [0.4, 0.5) is 39.5 Å². The van der Waals surface area contributed by atoms with Crippen LogP contribution >= 0.6 is 15.9 Å². The minimum atomic E-state index is -5.99. The smallest absolute Gasteiger partial charge is 0.250 e. The van der Waals surface area contributed by atoms with E-state index in [-0.39, 0.29) is 6.07 Å². The van der Waals surface area contributed by atoms with Gasteiger partial charge in [0.2, 0.25) is 0 Å². The van der Waals surface area contributed by atoms with Crippen LogP contribution in [0, 0.1) is 16.9 Å². The van der Waals surface area contributed by atoms with Gasteiger partial charge < -0.3 is 0 Å². The molecule has 1 atom stereocenters. The number of rotatable bonds is 10. The van der Waals surface area contributed by atoms with Crippen LogP contribution in [-0.2, 0) is 9.84 Å². The van der Waals surface area contributed by atoms with E-state index in [1.54, 1.807) is 0 Å². The predicted octanol–water partition coefficient (Wildman–Crippen LogP) is 5.42. The Kier molecular flexibility index (Phi) is 8.48.